The maximum absolute atomic E-state index is 9.52. The van der Waals surface area contributed by atoms with Gasteiger partial charge in [0.25, 0.3) is 0 Å². The highest BCUT2D eigenvalue weighted by Gasteiger charge is 2.20. The van der Waals surface area contributed by atoms with Gasteiger partial charge in [0.1, 0.15) is 0 Å². The summed E-state index contributed by atoms with van der Waals surface area (Å²) in [5, 5.41) is 11.9. The van der Waals surface area contributed by atoms with Gasteiger partial charge in [0.05, 0.1) is 6.61 Å². The molecule has 70 valence electrons. The van der Waals surface area contributed by atoms with Crippen molar-refractivity contribution >= 4 is 10.8 Å². The van der Waals surface area contributed by atoms with E-state index in [1.165, 1.54) is 5.39 Å². The van der Waals surface area contributed by atoms with Gasteiger partial charge in [-0.2, -0.15) is 0 Å². The van der Waals surface area contributed by atoms with Crippen LogP contribution in [0.4, 0.5) is 0 Å². The average Bonchev–Trinajstić information content (AvgIpc) is 2.57. The summed E-state index contributed by atoms with van der Waals surface area (Å²) in [6.45, 7) is 0.515. The largest absolute Gasteiger partial charge is 0.364 e. The lowest BCUT2D eigenvalue weighted by Gasteiger charge is -2.04. The minimum absolute atomic E-state index is 0.515. The first-order valence-electron chi connectivity index (χ1n) is 4.66. The normalized spacial score (nSPS) is 19.9. The van der Waals surface area contributed by atoms with E-state index in [1.807, 2.05) is 24.3 Å². The number of hydrogen-bond acceptors (Lipinski definition) is 2. The Morgan fingerprint density at radius 3 is 2.64 bits per heavy atom. The maximum Gasteiger partial charge on any atom is 0.181 e. The molecule has 0 radical (unpaired) electrons. The van der Waals surface area contributed by atoms with Crippen molar-refractivity contribution in [2.75, 3.05) is 0 Å². The summed E-state index contributed by atoms with van der Waals surface area (Å²) in [4.78, 5) is 0. The predicted octanol–water partition coefficient (Wildman–Crippen LogP) is 2.36. The van der Waals surface area contributed by atoms with Crippen LogP contribution in [-0.4, -0.2) is 5.11 Å². The van der Waals surface area contributed by atoms with Crippen LogP contribution in [0, 0.1) is 0 Å². The summed E-state index contributed by atoms with van der Waals surface area (Å²) < 4.78 is 5.15. The molecule has 0 spiro atoms. The molecule has 0 aromatic heterocycles. The summed E-state index contributed by atoms with van der Waals surface area (Å²) in [6.07, 6.45) is -0.741. The average molecular weight is 186 g/mol. The molecule has 1 aliphatic rings. The standard InChI is InChI=1S/C12H10O2/c13-12-11-6-9-4-2-1-3-8(9)5-10(11)7-14-12/h1-6,12-13H,7H2/t12-/m1/s1. The lowest BCUT2D eigenvalue weighted by molar-refractivity contribution is -0.0918. The van der Waals surface area contributed by atoms with Gasteiger partial charge in [0, 0.05) is 5.56 Å². The van der Waals surface area contributed by atoms with Crippen LogP contribution < -0.4 is 0 Å². The molecule has 2 aromatic carbocycles. The Balaban J connectivity index is 2.33. The number of benzene rings is 2. The summed E-state index contributed by atoms with van der Waals surface area (Å²) >= 11 is 0. The van der Waals surface area contributed by atoms with E-state index in [4.69, 9.17) is 4.74 Å². The molecule has 0 saturated heterocycles. The van der Waals surface area contributed by atoms with E-state index in [0.29, 0.717) is 6.61 Å². The second-order valence-electron chi connectivity index (χ2n) is 3.56. The third kappa shape index (κ3) is 1.05. The fraction of sp³-hybridized carbons (Fsp3) is 0.167. The SMILES string of the molecule is O[C@@H]1OCc2cc3ccccc3cc21. The Bertz CT molecular complexity index is 491. The molecule has 0 aliphatic carbocycles. The van der Waals surface area contributed by atoms with Crippen LogP contribution in [0.25, 0.3) is 10.8 Å². The summed E-state index contributed by atoms with van der Waals surface area (Å²) in [7, 11) is 0. The molecule has 1 atom stereocenters. The molecule has 2 aromatic rings. The van der Waals surface area contributed by atoms with E-state index in [1.54, 1.807) is 0 Å². The smallest absolute Gasteiger partial charge is 0.181 e. The molecule has 1 heterocycles. The lowest BCUT2D eigenvalue weighted by atomic mass is 10.0. The number of hydrogen-bond donors (Lipinski definition) is 1. The van der Waals surface area contributed by atoms with Gasteiger partial charge >= 0.3 is 0 Å². The Kier molecular flexibility index (Phi) is 1.60. The van der Waals surface area contributed by atoms with Crippen LogP contribution in [0.15, 0.2) is 36.4 Å². The first kappa shape index (κ1) is 7.97. The van der Waals surface area contributed by atoms with Crippen LogP contribution in [0.5, 0.6) is 0 Å². The zero-order chi connectivity index (χ0) is 9.54. The Labute approximate surface area is 81.7 Å². The monoisotopic (exact) mass is 186 g/mol. The van der Waals surface area contributed by atoms with Gasteiger partial charge in [-0.25, -0.2) is 0 Å². The van der Waals surface area contributed by atoms with E-state index in [9.17, 15) is 5.11 Å². The fourth-order valence-corrected chi connectivity index (χ4v) is 1.92. The minimum atomic E-state index is -0.741. The van der Waals surface area contributed by atoms with E-state index < -0.39 is 6.29 Å². The van der Waals surface area contributed by atoms with Crippen LogP contribution >= 0.6 is 0 Å². The number of ether oxygens (including phenoxy) is 1. The van der Waals surface area contributed by atoms with Gasteiger partial charge in [-0.3, -0.25) is 0 Å². The van der Waals surface area contributed by atoms with Crippen molar-refractivity contribution in [1.29, 1.82) is 0 Å². The summed E-state index contributed by atoms with van der Waals surface area (Å²) in [5.41, 5.74) is 2.00. The van der Waals surface area contributed by atoms with Crippen LogP contribution in [0.2, 0.25) is 0 Å². The van der Waals surface area contributed by atoms with E-state index in [0.717, 1.165) is 16.5 Å². The molecular formula is C12H10O2. The van der Waals surface area contributed by atoms with Gasteiger partial charge in [0.2, 0.25) is 0 Å². The Morgan fingerprint density at radius 1 is 1.14 bits per heavy atom. The summed E-state index contributed by atoms with van der Waals surface area (Å²) in [5.74, 6) is 0. The molecule has 2 heteroatoms. The zero-order valence-corrected chi connectivity index (χ0v) is 7.60. The molecule has 14 heavy (non-hydrogen) atoms. The predicted molar refractivity (Wildman–Crippen MR) is 53.7 cm³/mol. The number of fused-ring (bicyclic) bond motifs is 2. The lowest BCUT2D eigenvalue weighted by Crippen LogP contribution is -1.91. The quantitative estimate of drug-likeness (QED) is 0.684. The molecule has 0 fully saturated rings. The van der Waals surface area contributed by atoms with Gasteiger partial charge < -0.3 is 9.84 Å². The van der Waals surface area contributed by atoms with Crippen LogP contribution in [0.3, 0.4) is 0 Å². The molecule has 0 unspecified atom stereocenters. The van der Waals surface area contributed by atoms with Crippen LogP contribution in [0.1, 0.15) is 17.4 Å². The topological polar surface area (TPSA) is 29.5 Å². The maximum atomic E-state index is 9.52. The summed E-state index contributed by atoms with van der Waals surface area (Å²) in [6, 6.07) is 12.2. The highest BCUT2D eigenvalue weighted by atomic mass is 16.6. The van der Waals surface area contributed by atoms with Crippen molar-refractivity contribution in [2.24, 2.45) is 0 Å². The van der Waals surface area contributed by atoms with Crippen molar-refractivity contribution in [3.05, 3.63) is 47.5 Å². The van der Waals surface area contributed by atoms with Gasteiger partial charge in [-0.15, -0.1) is 0 Å². The Morgan fingerprint density at radius 2 is 1.86 bits per heavy atom. The molecule has 0 amide bonds. The Hall–Kier alpha value is -1.38. The third-order valence-corrected chi connectivity index (χ3v) is 2.67. The number of aliphatic hydroxyl groups is 1. The number of aliphatic hydroxyl groups excluding tert-OH is 1. The molecule has 3 rings (SSSR count). The molecule has 1 aliphatic heterocycles. The molecule has 0 saturated carbocycles. The second kappa shape index (κ2) is 2.80. The second-order valence-corrected chi connectivity index (χ2v) is 3.56. The highest BCUT2D eigenvalue weighted by Crippen LogP contribution is 2.31. The van der Waals surface area contributed by atoms with E-state index in [-0.39, 0.29) is 0 Å². The van der Waals surface area contributed by atoms with E-state index in [2.05, 4.69) is 12.1 Å². The molecule has 2 nitrogen and oxygen atoms in total. The van der Waals surface area contributed by atoms with Gasteiger partial charge in [0.15, 0.2) is 6.29 Å². The molecule has 1 N–H and O–H groups in total. The van der Waals surface area contributed by atoms with Crippen molar-refractivity contribution in [1.82, 2.24) is 0 Å². The van der Waals surface area contributed by atoms with Crippen molar-refractivity contribution in [3.8, 4) is 0 Å². The first-order chi connectivity index (χ1) is 6.84. The van der Waals surface area contributed by atoms with Crippen molar-refractivity contribution in [2.45, 2.75) is 12.9 Å². The molecular weight excluding hydrogens is 176 g/mol. The van der Waals surface area contributed by atoms with E-state index >= 15 is 0 Å². The van der Waals surface area contributed by atoms with Gasteiger partial charge in [-0.1, -0.05) is 24.3 Å². The van der Waals surface area contributed by atoms with Crippen molar-refractivity contribution < 1.29 is 9.84 Å². The third-order valence-electron chi connectivity index (χ3n) is 2.67. The fourth-order valence-electron chi connectivity index (χ4n) is 1.92. The zero-order valence-electron chi connectivity index (χ0n) is 7.60. The first-order valence-corrected chi connectivity index (χ1v) is 4.66. The number of rotatable bonds is 0. The highest BCUT2D eigenvalue weighted by molar-refractivity contribution is 5.84. The van der Waals surface area contributed by atoms with Crippen LogP contribution in [-0.2, 0) is 11.3 Å². The van der Waals surface area contributed by atoms with Crippen molar-refractivity contribution in [3.63, 3.8) is 0 Å². The molecule has 0 bridgehead atoms. The van der Waals surface area contributed by atoms with Gasteiger partial charge in [-0.05, 0) is 28.5 Å². The minimum Gasteiger partial charge on any atom is -0.364 e.